The molecule has 2 aromatic heterocycles. The second-order valence-electron chi connectivity index (χ2n) is 9.35. The second-order valence-corrected chi connectivity index (χ2v) is 9.35. The number of anilines is 2. The maximum absolute atomic E-state index is 7.39. The molecule has 0 spiro atoms. The second kappa shape index (κ2) is 8.83. The average molecular weight is 424 g/mol. The molecule has 2 aromatic rings. The molecule has 8 nitrogen and oxygen atoms in total. The van der Waals surface area contributed by atoms with E-state index >= 15 is 0 Å². The molecule has 0 atom stereocenters. The summed E-state index contributed by atoms with van der Waals surface area (Å²) in [7, 11) is 2.05. The largest absolute Gasteiger partial charge is 0.477 e. The van der Waals surface area contributed by atoms with Gasteiger partial charge in [0.05, 0.1) is 24.2 Å². The minimum Gasteiger partial charge on any atom is -0.477 e. The molecule has 0 radical (unpaired) electrons. The Labute approximate surface area is 184 Å². The lowest BCUT2D eigenvalue weighted by Crippen LogP contribution is -2.31. The van der Waals surface area contributed by atoms with Crippen LogP contribution in [0, 0.1) is 19.4 Å². The van der Waals surface area contributed by atoms with E-state index in [1.165, 1.54) is 38.5 Å². The molecular weight excluding hydrogens is 390 g/mol. The molecular formula is C23H33N7O. The van der Waals surface area contributed by atoms with Gasteiger partial charge >= 0.3 is 5.66 Å². The van der Waals surface area contributed by atoms with E-state index < -0.39 is 5.66 Å². The van der Waals surface area contributed by atoms with Crippen molar-refractivity contribution in [2.24, 2.45) is 5.92 Å². The number of rotatable bonds is 8. The van der Waals surface area contributed by atoms with Crippen molar-refractivity contribution in [3.8, 4) is 5.88 Å². The summed E-state index contributed by atoms with van der Waals surface area (Å²) in [6.07, 6.45) is 10.9. The third-order valence-corrected chi connectivity index (χ3v) is 6.49. The Morgan fingerprint density at radius 3 is 2.61 bits per heavy atom. The van der Waals surface area contributed by atoms with Crippen LogP contribution in [0.1, 0.15) is 69.5 Å². The smallest absolute Gasteiger partial charge is 0.319 e. The van der Waals surface area contributed by atoms with Crippen molar-refractivity contribution in [2.75, 3.05) is 19.0 Å². The van der Waals surface area contributed by atoms with Gasteiger partial charge in [0.15, 0.2) is 0 Å². The molecule has 2 fully saturated rings. The fraction of sp³-hybridized carbons (Fsp3) is 0.652. The summed E-state index contributed by atoms with van der Waals surface area (Å²) < 4.78 is 7.94. The number of aryl methyl sites for hydroxylation is 1. The third-order valence-electron chi connectivity index (χ3n) is 6.49. The minimum absolute atomic E-state index is 0.501. The molecule has 8 heteroatoms. The first-order chi connectivity index (χ1) is 14.9. The number of hydrogen-bond acceptors (Lipinski definition) is 6. The zero-order valence-electron chi connectivity index (χ0n) is 19.0. The molecule has 0 aromatic carbocycles. The van der Waals surface area contributed by atoms with E-state index in [2.05, 4.69) is 25.6 Å². The van der Waals surface area contributed by atoms with Crippen LogP contribution in [0.3, 0.4) is 0 Å². The van der Waals surface area contributed by atoms with Crippen LogP contribution >= 0.6 is 0 Å². The maximum Gasteiger partial charge on any atom is 0.319 e. The predicted octanol–water partition coefficient (Wildman–Crippen LogP) is 4.37. The van der Waals surface area contributed by atoms with Crippen molar-refractivity contribution in [1.82, 2.24) is 25.1 Å². The van der Waals surface area contributed by atoms with Crippen LogP contribution in [0.15, 0.2) is 12.4 Å². The third kappa shape index (κ3) is 4.99. The van der Waals surface area contributed by atoms with Gasteiger partial charge in [-0.25, -0.2) is 11.6 Å². The van der Waals surface area contributed by atoms with E-state index in [-0.39, 0.29) is 0 Å². The van der Waals surface area contributed by atoms with Gasteiger partial charge < -0.3 is 15.4 Å². The van der Waals surface area contributed by atoms with Crippen molar-refractivity contribution >= 4 is 11.6 Å². The highest BCUT2D eigenvalue weighted by Gasteiger charge is 2.30. The van der Waals surface area contributed by atoms with Crippen LogP contribution in [-0.2, 0) is 5.66 Å². The van der Waals surface area contributed by atoms with E-state index in [0.717, 1.165) is 16.9 Å². The van der Waals surface area contributed by atoms with Crippen molar-refractivity contribution < 1.29 is 4.74 Å². The van der Waals surface area contributed by atoms with Gasteiger partial charge in [-0.15, -0.1) is 0 Å². The van der Waals surface area contributed by atoms with Gasteiger partial charge in [-0.1, -0.05) is 0 Å². The number of nitrogens with one attached hydrogen (secondary N) is 2. The van der Waals surface area contributed by atoms with Crippen molar-refractivity contribution in [3.63, 3.8) is 0 Å². The topological polar surface area (TPSA) is 81.2 Å². The van der Waals surface area contributed by atoms with Crippen LogP contribution in [0.5, 0.6) is 5.88 Å². The summed E-state index contributed by atoms with van der Waals surface area (Å²) in [5.41, 5.74) is 1.99. The molecule has 0 saturated heterocycles. The van der Waals surface area contributed by atoms with Gasteiger partial charge in [0.2, 0.25) is 11.8 Å². The molecule has 0 aliphatic heterocycles. The number of ether oxygens (including phenoxy) is 1. The average Bonchev–Trinajstić information content (AvgIpc) is 3.56. The van der Waals surface area contributed by atoms with E-state index in [0.29, 0.717) is 36.3 Å². The highest BCUT2D eigenvalue weighted by atomic mass is 16.5. The summed E-state index contributed by atoms with van der Waals surface area (Å²) >= 11 is 0. The Kier molecular flexibility index (Phi) is 6.15. The van der Waals surface area contributed by atoms with Gasteiger partial charge in [-0.2, -0.15) is 14.8 Å². The van der Waals surface area contributed by atoms with Crippen LogP contribution in [-0.4, -0.2) is 39.4 Å². The first kappa shape index (κ1) is 21.6. The molecule has 0 bridgehead atoms. The van der Waals surface area contributed by atoms with Gasteiger partial charge in [0, 0.05) is 31.6 Å². The van der Waals surface area contributed by atoms with Gasteiger partial charge in [0.1, 0.15) is 0 Å². The molecule has 2 aliphatic rings. The fourth-order valence-corrected chi connectivity index (χ4v) is 4.08. The minimum atomic E-state index is -0.734. The highest BCUT2D eigenvalue weighted by molar-refractivity contribution is 5.56. The van der Waals surface area contributed by atoms with E-state index in [1.807, 2.05) is 40.2 Å². The molecule has 2 saturated carbocycles. The lowest BCUT2D eigenvalue weighted by molar-refractivity contribution is 0.187. The SMILES string of the molecule is [C-]#[N+]C(C)(C)n1cc(Nc2ncc(C3CC3)c(OCC3CCC(NC)CC3)n2)c(C)n1. The summed E-state index contributed by atoms with van der Waals surface area (Å²) in [5.74, 6) is 2.32. The summed E-state index contributed by atoms with van der Waals surface area (Å²) in [4.78, 5) is 12.9. The molecule has 31 heavy (non-hydrogen) atoms. The Morgan fingerprint density at radius 2 is 1.97 bits per heavy atom. The molecule has 4 rings (SSSR count). The summed E-state index contributed by atoms with van der Waals surface area (Å²) in [6, 6.07) is 0.644. The molecule has 166 valence electrons. The monoisotopic (exact) mass is 423 g/mol. The van der Waals surface area contributed by atoms with Crippen LogP contribution in [0.4, 0.5) is 11.6 Å². The predicted molar refractivity (Wildman–Crippen MR) is 120 cm³/mol. The molecule has 0 unspecified atom stereocenters. The van der Waals surface area contributed by atoms with E-state index in [1.54, 1.807) is 4.68 Å². The molecule has 2 heterocycles. The van der Waals surface area contributed by atoms with Crippen LogP contribution < -0.4 is 15.4 Å². The van der Waals surface area contributed by atoms with E-state index in [4.69, 9.17) is 16.3 Å². The summed E-state index contributed by atoms with van der Waals surface area (Å²) in [6.45, 7) is 13.7. The quantitative estimate of drug-likeness (QED) is 0.614. The maximum atomic E-state index is 7.39. The summed E-state index contributed by atoms with van der Waals surface area (Å²) in [5, 5.41) is 11.1. The Hall–Kier alpha value is -2.66. The van der Waals surface area contributed by atoms with Gasteiger partial charge in [-0.05, 0) is 64.3 Å². The van der Waals surface area contributed by atoms with Crippen molar-refractivity contribution in [1.29, 1.82) is 0 Å². The van der Waals surface area contributed by atoms with Crippen molar-refractivity contribution in [2.45, 2.75) is 76.9 Å². The fourth-order valence-electron chi connectivity index (χ4n) is 4.08. The first-order valence-corrected chi connectivity index (χ1v) is 11.3. The van der Waals surface area contributed by atoms with Gasteiger partial charge in [0.25, 0.3) is 0 Å². The van der Waals surface area contributed by atoms with Crippen LogP contribution in [0.25, 0.3) is 4.85 Å². The molecule has 0 amide bonds. The lowest BCUT2D eigenvalue weighted by atomic mass is 9.87. The van der Waals surface area contributed by atoms with E-state index in [9.17, 15) is 0 Å². The normalized spacial score (nSPS) is 21.5. The Morgan fingerprint density at radius 1 is 1.23 bits per heavy atom. The molecule has 2 N–H and O–H groups in total. The zero-order chi connectivity index (χ0) is 22.0. The number of nitrogens with zero attached hydrogens (tertiary/aromatic N) is 5. The number of aromatic nitrogens is 4. The Bertz CT molecular complexity index is 949. The van der Waals surface area contributed by atoms with Crippen molar-refractivity contribution in [3.05, 3.63) is 35.1 Å². The first-order valence-electron chi connectivity index (χ1n) is 11.3. The van der Waals surface area contributed by atoms with Crippen LogP contribution in [0.2, 0.25) is 0 Å². The molecule has 2 aliphatic carbocycles. The van der Waals surface area contributed by atoms with Gasteiger partial charge in [-0.3, -0.25) is 4.85 Å². The lowest BCUT2D eigenvalue weighted by Gasteiger charge is -2.28. The highest BCUT2D eigenvalue weighted by Crippen LogP contribution is 2.44. The zero-order valence-corrected chi connectivity index (χ0v) is 19.0. The Balaban J connectivity index is 1.47. The standard InChI is InChI=1S/C23H33N7O/c1-15-20(13-30(29-15)23(2,3)25-5)27-22-26-12-19(17-8-9-17)21(28-22)31-14-16-6-10-18(24-4)11-7-16/h12-13,16-18,24H,6-11,14H2,1-4H3,(H,26,27,28). The number of hydrogen-bond donors (Lipinski definition) is 2.